The molecule has 0 aliphatic heterocycles. The van der Waals surface area contributed by atoms with Gasteiger partial charge in [-0.05, 0) is 18.2 Å². The molecule has 0 saturated heterocycles. The highest BCUT2D eigenvalue weighted by molar-refractivity contribution is 5.92. The number of benzene rings is 2. The molecule has 3 rings (SSSR count). The smallest absolute Gasteiger partial charge is 0.357 e. The first-order valence-electron chi connectivity index (χ1n) is 7.76. The van der Waals surface area contributed by atoms with Gasteiger partial charge in [0.1, 0.15) is 17.3 Å². The molecule has 1 heterocycles. The van der Waals surface area contributed by atoms with Crippen molar-refractivity contribution in [2.45, 2.75) is 6.54 Å². The Hall–Kier alpha value is -3.35. The Kier molecular flexibility index (Phi) is 5.17. The summed E-state index contributed by atoms with van der Waals surface area (Å²) in [5, 5.41) is 3.27. The summed E-state index contributed by atoms with van der Waals surface area (Å²) in [5.74, 6) is -2.81. The van der Waals surface area contributed by atoms with E-state index in [0.29, 0.717) is 5.52 Å². The van der Waals surface area contributed by atoms with E-state index in [1.807, 2.05) is 12.1 Å². The van der Waals surface area contributed by atoms with Crippen molar-refractivity contribution in [1.82, 2.24) is 10.3 Å². The van der Waals surface area contributed by atoms with Crippen molar-refractivity contribution < 1.29 is 23.1 Å². The van der Waals surface area contributed by atoms with Gasteiger partial charge in [0, 0.05) is 23.6 Å². The summed E-state index contributed by atoms with van der Waals surface area (Å²) in [6.45, 7) is -0.674. The number of aromatic nitrogens is 1. The van der Waals surface area contributed by atoms with E-state index >= 15 is 0 Å². The zero-order valence-electron chi connectivity index (χ0n) is 13.5. The topological polar surface area (TPSA) is 68.3 Å². The van der Waals surface area contributed by atoms with Crippen molar-refractivity contribution in [1.29, 1.82) is 0 Å². The quantitative estimate of drug-likeness (QED) is 0.714. The minimum Gasteiger partial charge on any atom is -0.451 e. The molecule has 1 N–H and O–H groups in total. The first kappa shape index (κ1) is 17.5. The van der Waals surface area contributed by atoms with Crippen LogP contribution in [0, 0.1) is 11.6 Å². The van der Waals surface area contributed by atoms with Crippen LogP contribution in [0.5, 0.6) is 0 Å². The van der Waals surface area contributed by atoms with E-state index in [1.54, 1.807) is 18.2 Å². The number of carbonyl (C=O) groups excluding carboxylic acids is 2. The van der Waals surface area contributed by atoms with Crippen LogP contribution in [-0.4, -0.2) is 23.5 Å². The highest BCUT2D eigenvalue weighted by Gasteiger charge is 2.13. The predicted molar refractivity (Wildman–Crippen MR) is 90.2 cm³/mol. The van der Waals surface area contributed by atoms with Crippen LogP contribution in [0.2, 0.25) is 0 Å². The third-order valence-electron chi connectivity index (χ3n) is 3.63. The Morgan fingerprint density at radius 2 is 1.85 bits per heavy atom. The van der Waals surface area contributed by atoms with Gasteiger partial charge in [0.15, 0.2) is 6.61 Å². The number of ether oxygens (including phenoxy) is 1. The average molecular weight is 356 g/mol. The van der Waals surface area contributed by atoms with Crippen LogP contribution in [0.25, 0.3) is 10.9 Å². The molecule has 0 unspecified atom stereocenters. The average Bonchev–Trinajstić information content (AvgIpc) is 2.65. The first-order valence-corrected chi connectivity index (χ1v) is 7.76. The van der Waals surface area contributed by atoms with Gasteiger partial charge in [-0.2, -0.15) is 0 Å². The highest BCUT2D eigenvalue weighted by Crippen LogP contribution is 2.12. The number of fused-ring (bicyclic) bond motifs is 1. The summed E-state index contributed by atoms with van der Waals surface area (Å²) in [7, 11) is 0. The number of para-hydroxylation sites is 1. The minimum absolute atomic E-state index is 0.0843. The minimum atomic E-state index is -0.761. The van der Waals surface area contributed by atoms with Crippen LogP contribution in [0.4, 0.5) is 8.78 Å². The molecule has 3 aromatic rings. The third kappa shape index (κ3) is 4.18. The van der Waals surface area contributed by atoms with Gasteiger partial charge in [-0.25, -0.2) is 18.6 Å². The number of amides is 1. The van der Waals surface area contributed by atoms with Crippen LogP contribution in [0.3, 0.4) is 0 Å². The van der Waals surface area contributed by atoms with Gasteiger partial charge in [0.2, 0.25) is 0 Å². The molecule has 1 aromatic heterocycles. The highest BCUT2D eigenvalue weighted by atomic mass is 19.1. The van der Waals surface area contributed by atoms with Gasteiger partial charge < -0.3 is 10.1 Å². The second-order valence-electron chi connectivity index (χ2n) is 5.48. The molecule has 0 aliphatic rings. The zero-order chi connectivity index (χ0) is 18.5. The largest absolute Gasteiger partial charge is 0.451 e. The summed E-state index contributed by atoms with van der Waals surface area (Å²) in [5.41, 5.74) is 0.849. The third-order valence-corrected chi connectivity index (χ3v) is 3.63. The molecule has 1 amide bonds. The van der Waals surface area contributed by atoms with Gasteiger partial charge in [0.25, 0.3) is 5.91 Å². The molecule has 132 valence electrons. The molecular formula is C19H14F2N2O3. The summed E-state index contributed by atoms with van der Waals surface area (Å²) < 4.78 is 31.2. The Balaban J connectivity index is 1.54. The number of hydrogen-bond acceptors (Lipinski definition) is 4. The van der Waals surface area contributed by atoms with E-state index in [1.165, 1.54) is 12.1 Å². The normalized spacial score (nSPS) is 10.5. The van der Waals surface area contributed by atoms with Gasteiger partial charge in [0.05, 0.1) is 5.52 Å². The van der Waals surface area contributed by atoms with Crippen molar-refractivity contribution in [3.63, 3.8) is 0 Å². The van der Waals surface area contributed by atoms with Gasteiger partial charge in [-0.1, -0.05) is 30.3 Å². The van der Waals surface area contributed by atoms with E-state index < -0.39 is 30.1 Å². The fourth-order valence-corrected chi connectivity index (χ4v) is 2.29. The van der Waals surface area contributed by atoms with Crippen molar-refractivity contribution in [2.75, 3.05) is 6.61 Å². The van der Waals surface area contributed by atoms with Crippen LogP contribution in [0.1, 0.15) is 16.1 Å². The first-order chi connectivity index (χ1) is 12.5. The lowest BCUT2D eigenvalue weighted by Gasteiger charge is -2.07. The predicted octanol–water partition coefficient (Wildman–Crippen LogP) is 2.99. The van der Waals surface area contributed by atoms with Crippen LogP contribution < -0.4 is 5.32 Å². The van der Waals surface area contributed by atoms with Gasteiger partial charge in [-0.15, -0.1) is 0 Å². The van der Waals surface area contributed by atoms with Gasteiger partial charge >= 0.3 is 5.97 Å². The lowest BCUT2D eigenvalue weighted by Crippen LogP contribution is -2.28. The Morgan fingerprint density at radius 1 is 1.04 bits per heavy atom. The summed E-state index contributed by atoms with van der Waals surface area (Å²) in [6.07, 6.45) is 0. The molecule has 0 radical (unpaired) electrons. The van der Waals surface area contributed by atoms with E-state index in [0.717, 1.165) is 17.5 Å². The number of nitrogens with zero attached hydrogens (tertiary/aromatic N) is 1. The number of halogens is 2. The molecular weight excluding hydrogens is 342 g/mol. The van der Waals surface area contributed by atoms with Crippen molar-refractivity contribution >= 4 is 22.8 Å². The summed E-state index contributed by atoms with van der Waals surface area (Å²) in [4.78, 5) is 27.9. The Morgan fingerprint density at radius 3 is 2.65 bits per heavy atom. The SMILES string of the molecule is O=C(COC(=O)c1ccc2ccccc2n1)NCc1ccc(F)cc1F. The molecule has 0 fully saturated rings. The second kappa shape index (κ2) is 7.69. The van der Waals surface area contributed by atoms with Crippen LogP contribution in [0.15, 0.2) is 54.6 Å². The van der Waals surface area contributed by atoms with E-state index in [4.69, 9.17) is 4.74 Å². The summed E-state index contributed by atoms with van der Waals surface area (Å²) in [6, 6.07) is 13.6. The molecule has 0 atom stereocenters. The number of pyridine rings is 1. The molecule has 0 bridgehead atoms. The molecule has 0 aliphatic carbocycles. The molecule has 0 saturated carbocycles. The van der Waals surface area contributed by atoms with Gasteiger partial charge in [-0.3, -0.25) is 4.79 Å². The maximum atomic E-state index is 13.5. The monoisotopic (exact) mass is 356 g/mol. The maximum absolute atomic E-state index is 13.5. The fraction of sp³-hybridized carbons (Fsp3) is 0.105. The molecule has 2 aromatic carbocycles. The molecule has 0 spiro atoms. The lowest BCUT2D eigenvalue weighted by molar-refractivity contribution is -0.124. The molecule has 5 nitrogen and oxygen atoms in total. The van der Waals surface area contributed by atoms with E-state index in [2.05, 4.69) is 10.3 Å². The number of esters is 1. The zero-order valence-corrected chi connectivity index (χ0v) is 13.5. The standard InChI is InChI=1S/C19H14F2N2O3/c20-14-7-5-13(15(21)9-14)10-22-18(24)11-26-19(25)17-8-6-12-3-1-2-4-16(12)23-17/h1-9H,10-11H2,(H,22,24). The van der Waals surface area contributed by atoms with Crippen molar-refractivity contribution in [2.24, 2.45) is 0 Å². The lowest BCUT2D eigenvalue weighted by atomic mass is 10.2. The van der Waals surface area contributed by atoms with E-state index in [9.17, 15) is 18.4 Å². The van der Waals surface area contributed by atoms with Crippen LogP contribution in [-0.2, 0) is 16.1 Å². The number of carbonyl (C=O) groups is 2. The second-order valence-corrected chi connectivity index (χ2v) is 5.48. The summed E-state index contributed by atoms with van der Waals surface area (Å²) >= 11 is 0. The fourth-order valence-electron chi connectivity index (χ4n) is 2.29. The number of rotatable bonds is 5. The van der Waals surface area contributed by atoms with Crippen LogP contribution >= 0.6 is 0 Å². The van der Waals surface area contributed by atoms with E-state index in [-0.39, 0.29) is 17.8 Å². The Labute approximate surface area is 147 Å². The number of hydrogen-bond donors (Lipinski definition) is 1. The molecule has 26 heavy (non-hydrogen) atoms. The number of nitrogens with one attached hydrogen (secondary N) is 1. The Bertz CT molecular complexity index is 976. The van der Waals surface area contributed by atoms with Crippen molar-refractivity contribution in [3.05, 3.63) is 77.5 Å². The maximum Gasteiger partial charge on any atom is 0.357 e. The van der Waals surface area contributed by atoms with Crippen molar-refractivity contribution in [3.8, 4) is 0 Å². The molecule has 7 heteroatoms.